The molecule has 1 saturated carbocycles. The fourth-order valence-corrected chi connectivity index (χ4v) is 4.95. The SMILES string of the molecule is COc1ccc(C#CCO[C@H](c2cc(OC)c(OC)c(OC)c2)[C@H]2COC3(CCCCC3)O2)cc1OC. The van der Waals surface area contributed by atoms with E-state index in [2.05, 4.69) is 11.8 Å². The molecule has 1 aliphatic heterocycles. The third kappa shape index (κ3) is 6.07. The van der Waals surface area contributed by atoms with Gasteiger partial charge in [-0.1, -0.05) is 18.3 Å². The van der Waals surface area contributed by atoms with Gasteiger partial charge in [0.05, 0.1) is 42.2 Å². The van der Waals surface area contributed by atoms with Gasteiger partial charge in [0.1, 0.15) is 18.8 Å². The lowest BCUT2D eigenvalue weighted by atomic mass is 9.94. The third-order valence-corrected chi connectivity index (χ3v) is 6.80. The van der Waals surface area contributed by atoms with Gasteiger partial charge in [0.2, 0.25) is 5.75 Å². The van der Waals surface area contributed by atoms with Crippen molar-refractivity contribution < 1.29 is 37.9 Å². The molecule has 0 radical (unpaired) electrons. The predicted molar refractivity (Wildman–Crippen MR) is 138 cm³/mol. The summed E-state index contributed by atoms with van der Waals surface area (Å²) in [7, 11) is 7.98. The predicted octanol–water partition coefficient (Wildman–Crippen LogP) is 4.91. The monoisotopic (exact) mass is 512 g/mol. The van der Waals surface area contributed by atoms with Crippen molar-refractivity contribution >= 4 is 0 Å². The molecule has 1 aliphatic carbocycles. The molecule has 8 nitrogen and oxygen atoms in total. The van der Waals surface area contributed by atoms with E-state index >= 15 is 0 Å². The standard InChI is InChI=1S/C29H36O8/c1-30-22-12-11-20(16-23(22)31-2)10-9-15-35-27(26-19-36-29(37-26)13-7-6-8-14-29)21-17-24(32-3)28(34-5)25(18-21)33-4/h11-12,16-18,26-27H,6-8,13-15,19H2,1-5H3/t26-,27-/m1/s1. The topological polar surface area (TPSA) is 73.8 Å². The zero-order valence-corrected chi connectivity index (χ0v) is 22.3. The Morgan fingerprint density at radius 1 is 0.838 bits per heavy atom. The van der Waals surface area contributed by atoms with Crippen LogP contribution >= 0.6 is 0 Å². The summed E-state index contributed by atoms with van der Waals surface area (Å²) in [5.74, 6) is 8.62. The number of methoxy groups -OCH3 is 5. The van der Waals surface area contributed by atoms with Crippen molar-refractivity contribution in [3.05, 3.63) is 41.5 Å². The lowest BCUT2D eigenvalue weighted by molar-refractivity contribution is -0.198. The summed E-state index contributed by atoms with van der Waals surface area (Å²) < 4.78 is 46.5. The highest BCUT2D eigenvalue weighted by molar-refractivity contribution is 5.54. The second-order valence-corrected chi connectivity index (χ2v) is 9.00. The number of benzene rings is 2. The van der Waals surface area contributed by atoms with Crippen molar-refractivity contribution in [1.82, 2.24) is 0 Å². The van der Waals surface area contributed by atoms with E-state index in [1.807, 2.05) is 30.3 Å². The fraction of sp³-hybridized carbons (Fsp3) is 0.517. The Kier molecular flexibility index (Phi) is 9.04. The Morgan fingerprint density at radius 3 is 2.14 bits per heavy atom. The van der Waals surface area contributed by atoms with Crippen LogP contribution in [0.25, 0.3) is 0 Å². The first kappa shape index (κ1) is 26.9. The van der Waals surface area contributed by atoms with Crippen molar-refractivity contribution in [2.75, 3.05) is 48.8 Å². The van der Waals surface area contributed by atoms with Gasteiger partial charge >= 0.3 is 0 Å². The molecule has 0 aromatic heterocycles. The average Bonchev–Trinajstić information content (AvgIpc) is 3.34. The van der Waals surface area contributed by atoms with E-state index < -0.39 is 11.9 Å². The van der Waals surface area contributed by atoms with E-state index in [0.29, 0.717) is 35.4 Å². The van der Waals surface area contributed by atoms with Crippen LogP contribution in [0, 0.1) is 11.8 Å². The second-order valence-electron chi connectivity index (χ2n) is 9.00. The van der Waals surface area contributed by atoms with Crippen molar-refractivity contribution in [3.8, 4) is 40.6 Å². The maximum absolute atomic E-state index is 6.54. The number of hydrogen-bond acceptors (Lipinski definition) is 8. The summed E-state index contributed by atoms with van der Waals surface area (Å²) in [6.45, 7) is 0.618. The van der Waals surface area contributed by atoms with Gasteiger partial charge in [-0.05, 0) is 48.7 Å². The normalized spacial score (nSPS) is 19.0. The fourth-order valence-electron chi connectivity index (χ4n) is 4.95. The Hall–Kier alpha value is -3.12. The van der Waals surface area contributed by atoms with Crippen molar-refractivity contribution in [2.24, 2.45) is 0 Å². The summed E-state index contributed by atoms with van der Waals surface area (Å²) in [6.07, 6.45) is 4.43. The van der Waals surface area contributed by atoms with Gasteiger partial charge in [0.15, 0.2) is 28.8 Å². The summed E-state index contributed by atoms with van der Waals surface area (Å²) in [6, 6.07) is 9.33. The Bertz CT molecular complexity index is 1090. The molecule has 37 heavy (non-hydrogen) atoms. The Balaban J connectivity index is 1.58. The molecule has 2 aliphatic rings. The van der Waals surface area contributed by atoms with Crippen LogP contribution in [0.2, 0.25) is 0 Å². The van der Waals surface area contributed by atoms with E-state index in [-0.39, 0.29) is 12.7 Å². The van der Waals surface area contributed by atoms with E-state index in [1.54, 1.807) is 35.5 Å². The zero-order valence-electron chi connectivity index (χ0n) is 22.3. The minimum Gasteiger partial charge on any atom is -0.493 e. The van der Waals surface area contributed by atoms with Crippen LogP contribution in [0.1, 0.15) is 49.3 Å². The first-order chi connectivity index (χ1) is 18.1. The largest absolute Gasteiger partial charge is 0.493 e. The lowest BCUT2D eigenvalue weighted by Gasteiger charge is -2.33. The first-order valence-electron chi connectivity index (χ1n) is 12.5. The highest BCUT2D eigenvalue weighted by Gasteiger charge is 2.45. The van der Waals surface area contributed by atoms with Crippen LogP contribution in [0.3, 0.4) is 0 Å². The minimum atomic E-state index is -0.531. The second kappa shape index (κ2) is 12.4. The van der Waals surface area contributed by atoms with Crippen molar-refractivity contribution in [2.45, 2.75) is 50.1 Å². The van der Waals surface area contributed by atoms with Gasteiger partial charge in [0.25, 0.3) is 0 Å². The maximum Gasteiger partial charge on any atom is 0.203 e. The van der Waals surface area contributed by atoms with E-state index in [0.717, 1.165) is 36.8 Å². The molecule has 2 aromatic rings. The molecule has 0 N–H and O–H groups in total. The molecule has 1 spiro atoms. The van der Waals surface area contributed by atoms with Gasteiger partial charge in [-0.25, -0.2) is 0 Å². The molecule has 4 rings (SSSR count). The smallest absolute Gasteiger partial charge is 0.203 e. The van der Waals surface area contributed by atoms with E-state index in [4.69, 9.17) is 37.9 Å². The van der Waals surface area contributed by atoms with Crippen LogP contribution in [0.5, 0.6) is 28.7 Å². The summed E-state index contributed by atoms with van der Waals surface area (Å²) in [5, 5.41) is 0. The highest BCUT2D eigenvalue weighted by Crippen LogP contribution is 2.45. The molecule has 2 fully saturated rings. The highest BCUT2D eigenvalue weighted by atomic mass is 16.8. The zero-order chi connectivity index (χ0) is 26.3. The molecule has 2 aromatic carbocycles. The van der Waals surface area contributed by atoms with Gasteiger partial charge in [-0.3, -0.25) is 0 Å². The van der Waals surface area contributed by atoms with Crippen molar-refractivity contribution in [1.29, 1.82) is 0 Å². The molecule has 1 saturated heterocycles. The van der Waals surface area contributed by atoms with Crippen molar-refractivity contribution in [3.63, 3.8) is 0 Å². The van der Waals surface area contributed by atoms with E-state index in [1.165, 1.54) is 6.42 Å². The molecular weight excluding hydrogens is 476 g/mol. The van der Waals surface area contributed by atoms with E-state index in [9.17, 15) is 0 Å². The lowest BCUT2D eigenvalue weighted by Crippen LogP contribution is -2.34. The van der Waals surface area contributed by atoms with Crippen LogP contribution in [-0.2, 0) is 14.2 Å². The minimum absolute atomic E-state index is 0.183. The van der Waals surface area contributed by atoms with Gasteiger partial charge in [-0.15, -0.1) is 0 Å². The molecule has 8 heteroatoms. The summed E-state index contributed by atoms with van der Waals surface area (Å²) >= 11 is 0. The van der Waals surface area contributed by atoms with Gasteiger partial charge in [-0.2, -0.15) is 0 Å². The van der Waals surface area contributed by atoms with Crippen LogP contribution in [-0.4, -0.2) is 60.7 Å². The molecule has 0 unspecified atom stereocenters. The Labute approximate surface area is 219 Å². The third-order valence-electron chi connectivity index (χ3n) is 6.80. The van der Waals surface area contributed by atoms with Gasteiger partial charge < -0.3 is 37.9 Å². The molecule has 1 heterocycles. The molecule has 0 amide bonds. The number of hydrogen-bond donors (Lipinski definition) is 0. The summed E-state index contributed by atoms with van der Waals surface area (Å²) in [5.41, 5.74) is 1.64. The average molecular weight is 513 g/mol. The molecular formula is C29H36O8. The quantitative estimate of drug-likeness (QED) is 0.439. The maximum atomic E-state index is 6.54. The number of rotatable bonds is 9. The van der Waals surface area contributed by atoms with Crippen LogP contribution in [0.4, 0.5) is 0 Å². The van der Waals surface area contributed by atoms with Crippen LogP contribution in [0.15, 0.2) is 30.3 Å². The molecule has 2 atom stereocenters. The summed E-state index contributed by atoms with van der Waals surface area (Å²) in [4.78, 5) is 0. The molecule has 200 valence electrons. The Morgan fingerprint density at radius 2 is 1.51 bits per heavy atom. The van der Waals surface area contributed by atoms with Gasteiger partial charge in [0, 0.05) is 18.4 Å². The molecule has 0 bridgehead atoms. The number of ether oxygens (including phenoxy) is 8. The first-order valence-corrected chi connectivity index (χ1v) is 12.5. The van der Waals surface area contributed by atoms with Crippen LogP contribution < -0.4 is 23.7 Å².